The Bertz CT molecular complexity index is 465. The van der Waals surface area contributed by atoms with Crippen LogP contribution >= 0.6 is 0 Å². The number of benzene rings is 1. The highest BCUT2D eigenvalue weighted by Crippen LogP contribution is 2.15. The van der Waals surface area contributed by atoms with Gasteiger partial charge in [0.25, 0.3) is 0 Å². The highest BCUT2D eigenvalue weighted by Gasteiger charge is 2.02. The fourth-order valence-corrected chi connectivity index (χ4v) is 1.25. The third-order valence-corrected chi connectivity index (χ3v) is 2.11. The summed E-state index contributed by atoms with van der Waals surface area (Å²) < 4.78 is 10.3. The van der Waals surface area contributed by atoms with E-state index in [1.165, 1.54) is 6.92 Å². The van der Waals surface area contributed by atoms with E-state index in [1.807, 2.05) is 0 Å². The summed E-state index contributed by atoms with van der Waals surface area (Å²) in [5, 5.41) is 2.65. The van der Waals surface area contributed by atoms with Crippen LogP contribution in [0.5, 0.6) is 5.75 Å². The topological polar surface area (TPSA) is 64.6 Å². The van der Waals surface area contributed by atoms with Crippen LogP contribution in [0.25, 0.3) is 0 Å². The second-order valence-electron chi connectivity index (χ2n) is 3.97. The molecule has 0 saturated carbocycles. The monoisotopic (exact) mass is 263 g/mol. The van der Waals surface area contributed by atoms with Crippen molar-refractivity contribution in [2.24, 2.45) is 0 Å². The number of rotatable bonds is 6. The molecule has 19 heavy (non-hydrogen) atoms. The maximum absolute atomic E-state index is 11.1. The first-order valence-electron chi connectivity index (χ1n) is 5.82. The molecule has 1 aromatic rings. The third kappa shape index (κ3) is 5.72. The Morgan fingerprint density at radius 1 is 1.16 bits per heavy atom. The lowest BCUT2D eigenvalue weighted by molar-refractivity contribution is -0.139. The molecule has 0 atom stereocenters. The molecule has 5 heteroatoms. The summed E-state index contributed by atoms with van der Waals surface area (Å²) >= 11 is 0. The maximum atomic E-state index is 11.1. The zero-order valence-electron chi connectivity index (χ0n) is 11.1. The van der Waals surface area contributed by atoms with Crippen LogP contribution in [0.3, 0.4) is 0 Å². The SMILES string of the molecule is C=C(C)C(=O)OCCOc1ccc(NC(C)=O)cc1. The minimum atomic E-state index is -0.426. The van der Waals surface area contributed by atoms with Gasteiger partial charge < -0.3 is 14.8 Å². The number of anilines is 1. The normalized spacial score (nSPS) is 9.58. The van der Waals surface area contributed by atoms with Gasteiger partial charge in [0.1, 0.15) is 19.0 Å². The summed E-state index contributed by atoms with van der Waals surface area (Å²) in [5.74, 6) is 0.0884. The van der Waals surface area contributed by atoms with E-state index in [0.717, 1.165) is 0 Å². The molecule has 0 heterocycles. The van der Waals surface area contributed by atoms with Crippen LogP contribution < -0.4 is 10.1 Å². The summed E-state index contributed by atoms with van der Waals surface area (Å²) in [6.45, 7) is 6.94. The summed E-state index contributed by atoms with van der Waals surface area (Å²) in [4.78, 5) is 21.9. The predicted octanol–water partition coefficient (Wildman–Crippen LogP) is 2.14. The number of hydrogen-bond donors (Lipinski definition) is 1. The van der Waals surface area contributed by atoms with E-state index in [2.05, 4.69) is 11.9 Å². The molecule has 0 aliphatic carbocycles. The van der Waals surface area contributed by atoms with Gasteiger partial charge in [-0.3, -0.25) is 4.79 Å². The van der Waals surface area contributed by atoms with Gasteiger partial charge in [-0.2, -0.15) is 0 Å². The molecule has 1 N–H and O–H groups in total. The highest BCUT2D eigenvalue weighted by molar-refractivity contribution is 5.88. The summed E-state index contributed by atoms with van der Waals surface area (Å²) in [6, 6.07) is 6.92. The number of amides is 1. The molecule has 0 fully saturated rings. The van der Waals surface area contributed by atoms with Gasteiger partial charge in [0.15, 0.2) is 0 Å². The molecule has 1 amide bonds. The maximum Gasteiger partial charge on any atom is 0.333 e. The number of ether oxygens (including phenoxy) is 2. The van der Waals surface area contributed by atoms with E-state index in [1.54, 1.807) is 31.2 Å². The first-order valence-corrected chi connectivity index (χ1v) is 5.82. The van der Waals surface area contributed by atoms with Crippen LogP contribution in [0.2, 0.25) is 0 Å². The first kappa shape index (κ1) is 14.8. The highest BCUT2D eigenvalue weighted by atomic mass is 16.6. The summed E-state index contributed by atoms with van der Waals surface area (Å²) in [5.41, 5.74) is 1.06. The van der Waals surface area contributed by atoms with Gasteiger partial charge in [-0.05, 0) is 31.2 Å². The molecule has 0 saturated heterocycles. The molecule has 5 nitrogen and oxygen atoms in total. The predicted molar refractivity (Wildman–Crippen MR) is 72.0 cm³/mol. The first-order chi connectivity index (χ1) is 8.99. The van der Waals surface area contributed by atoms with Gasteiger partial charge in [0, 0.05) is 18.2 Å². The van der Waals surface area contributed by atoms with Crippen molar-refractivity contribution < 1.29 is 19.1 Å². The Labute approximate surface area is 112 Å². The minimum absolute atomic E-state index is 0.125. The molecule has 1 rings (SSSR count). The third-order valence-electron chi connectivity index (χ3n) is 2.11. The molecule has 1 aromatic carbocycles. The molecule has 0 unspecified atom stereocenters. The van der Waals surface area contributed by atoms with Crippen molar-refractivity contribution >= 4 is 17.6 Å². The van der Waals surface area contributed by atoms with Crippen molar-refractivity contribution in [1.29, 1.82) is 0 Å². The van der Waals surface area contributed by atoms with Crippen molar-refractivity contribution in [2.45, 2.75) is 13.8 Å². The molecule has 0 aromatic heterocycles. The Morgan fingerprint density at radius 3 is 2.32 bits per heavy atom. The molecule has 0 aliphatic rings. The van der Waals surface area contributed by atoms with E-state index in [0.29, 0.717) is 17.0 Å². The zero-order chi connectivity index (χ0) is 14.3. The number of carbonyl (C=O) groups is 2. The number of nitrogens with one attached hydrogen (secondary N) is 1. The number of carbonyl (C=O) groups excluding carboxylic acids is 2. The van der Waals surface area contributed by atoms with E-state index in [-0.39, 0.29) is 19.1 Å². The van der Waals surface area contributed by atoms with Gasteiger partial charge in [-0.15, -0.1) is 0 Å². The number of esters is 1. The molecule has 0 radical (unpaired) electrons. The van der Waals surface area contributed by atoms with Crippen LogP contribution in [0.15, 0.2) is 36.4 Å². The van der Waals surface area contributed by atoms with Crippen LogP contribution in [-0.2, 0) is 14.3 Å². The van der Waals surface area contributed by atoms with Gasteiger partial charge in [0.2, 0.25) is 5.91 Å². The average Bonchev–Trinajstić information content (AvgIpc) is 2.35. The van der Waals surface area contributed by atoms with Crippen LogP contribution in [0.4, 0.5) is 5.69 Å². The van der Waals surface area contributed by atoms with E-state index in [4.69, 9.17) is 9.47 Å². The molecule has 0 aliphatic heterocycles. The molecule has 102 valence electrons. The van der Waals surface area contributed by atoms with Gasteiger partial charge in [0.05, 0.1) is 0 Å². The fourth-order valence-electron chi connectivity index (χ4n) is 1.25. The Kier molecular flexibility index (Phi) is 5.60. The van der Waals surface area contributed by atoms with Gasteiger partial charge in [-0.25, -0.2) is 4.79 Å². The lowest BCUT2D eigenvalue weighted by Gasteiger charge is -2.08. The summed E-state index contributed by atoms with van der Waals surface area (Å²) in [6.07, 6.45) is 0. The van der Waals surface area contributed by atoms with Crippen molar-refractivity contribution in [3.8, 4) is 5.75 Å². The van der Waals surface area contributed by atoms with Gasteiger partial charge in [-0.1, -0.05) is 6.58 Å². The lowest BCUT2D eigenvalue weighted by Crippen LogP contribution is -2.12. The Morgan fingerprint density at radius 2 is 1.79 bits per heavy atom. The van der Waals surface area contributed by atoms with Crippen molar-refractivity contribution in [2.75, 3.05) is 18.5 Å². The number of hydrogen-bond acceptors (Lipinski definition) is 4. The molecule has 0 bridgehead atoms. The smallest absolute Gasteiger partial charge is 0.333 e. The largest absolute Gasteiger partial charge is 0.490 e. The van der Waals surface area contributed by atoms with Gasteiger partial charge >= 0.3 is 5.97 Å². The van der Waals surface area contributed by atoms with Crippen LogP contribution in [-0.4, -0.2) is 25.1 Å². The minimum Gasteiger partial charge on any atom is -0.490 e. The Hall–Kier alpha value is -2.30. The summed E-state index contributed by atoms with van der Waals surface area (Å²) in [7, 11) is 0. The lowest BCUT2D eigenvalue weighted by atomic mass is 10.3. The second kappa shape index (κ2) is 7.20. The molecular weight excluding hydrogens is 246 g/mol. The molecule has 0 spiro atoms. The van der Waals surface area contributed by atoms with Crippen molar-refractivity contribution in [3.05, 3.63) is 36.4 Å². The van der Waals surface area contributed by atoms with Crippen molar-refractivity contribution in [1.82, 2.24) is 0 Å². The fraction of sp³-hybridized carbons (Fsp3) is 0.286. The zero-order valence-corrected chi connectivity index (χ0v) is 11.1. The van der Waals surface area contributed by atoms with Crippen LogP contribution in [0, 0.1) is 0 Å². The van der Waals surface area contributed by atoms with E-state index < -0.39 is 5.97 Å². The standard InChI is InChI=1S/C14H17NO4/c1-10(2)14(17)19-9-8-18-13-6-4-12(5-7-13)15-11(3)16/h4-7H,1,8-9H2,2-3H3,(H,15,16). The quantitative estimate of drug-likeness (QED) is 0.485. The van der Waals surface area contributed by atoms with Crippen molar-refractivity contribution in [3.63, 3.8) is 0 Å². The average molecular weight is 263 g/mol. The Balaban J connectivity index is 2.32. The second-order valence-corrected chi connectivity index (χ2v) is 3.97. The van der Waals surface area contributed by atoms with Crippen LogP contribution in [0.1, 0.15) is 13.8 Å². The van der Waals surface area contributed by atoms with E-state index >= 15 is 0 Å². The molecular formula is C14H17NO4. The van der Waals surface area contributed by atoms with E-state index in [9.17, 15) is 9.59 Å².